The van der Waals surface area contributed by atoms with Gasteiger partial charge < -0.3 is 19.4 Å². The van der Waals surface area contributed by atoms with Gasteiger partial charge >= 0.3 is 16.5 Å². The minimum absolute atomic E-state index is 0. The first kappa shape index (κ1) is 57.6. The molecule has 0 fully saturated rings. The topological polar surface area (TPSA) is 25.3 Å². The zero-order valence-electron chi connectivity index (χ0n) is 41.0. The number of benzene rings is 2. The van der Waals surface area contributed by atoms with Gasteiger partial charge in [0.25, 0.3) is 0 Å². The maximum Gasteiger partial charge on any atom is 2.00 e. The summed E-state index contributed by atoms with van der Waals surface area (Å²) in [4.78, 5) is 0. The fourth-order valence-electron chi connectivity index (χ4n) is 7.89. The van der Waals surface area contributed by atoms with Gasteiger partial charge in [-0.1, -0.05) is 157 Å². The van der Waals surface area contributed by atoms with Gasteiger partial charge in [0, 0.05) is 23.1 Å². The molecule has 0 unspecified atom stereocenters. The summed E-state index contributed by atoms with van der Waals surface area (Å²) in [5.74, 6) is 7.15. The Balaban J connectivity index is 0.00000354. The predicted octanol–water partition coefficient (Wildman–Crippen LogP) is 18.4. The van der Waals surface area contributed by atoms with E-state index in [-0.39, 0.29) is 16.5 Å². The van der Waals surface area contributed by atoms with Gasteiger partial charge in [0.05, 0.1) is 0 Å². The minimum Gasteiger partial charge on any atom is -0.493 e. The molecule has 2 aromatic carbocycles. The SMILES string of the molecule is CCCC#CC1=C(c2cc(CCCCCC)c(C)c(CCCCCC)c2)[N+](=[N-])C(c2cc(CCCCCC)c(C)c(CCCCCC)c2)=C1CC.[CH2-]CCC.[CH2-]CCC.[Ni+2]. The average Bonchev–Trinajstić information content (AvgIpc) is 3.53. The number of aryl methyl sites for hydroxylation is 4. The van der Waals surface area contributed by atoms with Crippen molar-refractivity contribution >= 4 is 11.4 Å². The van der Waals surface area contributed by atoms with Gasteiger partial charge in [-0.2, -0.15) is 12.8 Å². The molecule has 1 aliphatic rings. The van der Waals surface area contributed by atoms with Crippen molar-refractivity contribution in [3.63, 3.8) is 0 Å². The van der Waals surface area contributed by atoms with Crippen molar-refractivity contribution in [3.8, 4) is 11.8 Å². The van der Waals surface area contributed by atoms with E-state index in [9.17, 15) is 5.53 Å². The quantitative estimate of drug-likeness (QED) is 0.0296. The Morgan fingerprint density at radius 3 is 1.10 bits per heavy atom. The van der Waals surface area contributed by atoms with Gasteiger partial charge in [-0.15, -0.1) is 0 Å². The average molecular weight is 864 g/mol. The molecule has 0 saturated carbocycles. The maximum absolute atomic E-state index is 12.5. The van der Waals surface area contributed by atoms with Crippen molar-refractivity contribution in [3.05, 3.63) is 99.3 Å². The van der Waals surface area contributed by atoms with Gasteiger partial charge in [0.15, 0.2) is 0 Å². The van der Waals surface area contributed by atoms with E-state index in [1.807, 2.05) is 0 Å². The molecule has 0 bridgehead atoms. The molecular formula is C57H92N2Ni. The number of rotatable bonds is 26. The van der Waals surface area contributed by atoms with Crippen molar-refractivity contribution in [2.24, 2.45) is 0 Å². The van der Waals surface area contributed by atoms with E-state index in [1.54, 1.807) is 4.70 Å². The van der Waals surface area contributed by atoms with Gasteiger partial charge in [-0.05, 0) is 136 Å². The second kappa shape index (κ2) is 36.1. The van der Waals surface area contributed by atoms with Crippen LogP contribution < -0.4 is 0 Å². The van der Waals surface area contributed by atoms with Crippen LogP contribution in [0.5, 0.6) is 0 Å². The summed E-state index contributed by atoms with van der Waals surface area (Å²) in [6.07, 6.45) is 31.8. The zero-order valence-corrected chi connectivity index (χ0v) is 42.0. The van der Waals surface area contributed by atoms with E-state index in [2.05, 4.69) is 119 Å². The Morgan fingerprint density at radius 1 is 0.483 bits per heavy atom. The zero-order chi connectivity index (χ0) is 43.8. The van der Waals surface area contributed by atoms with Gasteiger partial charge in [-0.25, -0.2) is 4.70 Å². The number of unbranched alkanes of at least 4 members (excludes halogenated alkanes) is 15. The molecule has 0 spiro atoms. The Bertz CT molecular complexity index is 1520. The first-order valence-electron chi connectivity index (χ1n) is 25.0. The fourth-order valence-corrected chi connectivity index (χ4v) is 7.89. The molecule has 340 valence electrons. The molecule has 1 aliphatic heterocycles. The molecule has 0 aliphatic carbocycles. The third-order valence-corrected chi connectivity index (χ3v) is 11.9. The third-order valence-electron chi connectivity index (χ3n) is 11.9. The standard InChI is InChI=1S/C49H74N2.2C4H9.Ni/c1-9-15-20-25-29-40-34-44(35-41(38(40)7)30-26-21-16-10-2)48-46(14-6)47(33-24-19-13-5)49(51(48)50)45-36-42(31-27-22-17-11-3)39(8)43(37-45)32-28-23-18-12-4;2*1-3-4-2;/h34-37H,9-23,25-32H2,1-8H3;2*1,3-4H2,2H3;/q;2*-1;+2. The maximum atomic E-state index is 12.5. The summed E-state index contributed by atoms with van der Waals surface area (Å²) >= 11 is 0. The van der Waals surface area contributed by atoms with Crippen molar-refractivity contribution < 1.29 is 21.2 Å². The Kier molecular flexibility index (Phi) is 34.6. The molecule has 0 saturated heterocycles. The van der Waals surface area contributed by atoms with Crippen molar-refractivity contribution in [2.45, 2.75) is 243 Å². The first-order valence-corrected chi connectivity index (χ1v) is 25.0. The Labute approximate surface area is 384 Å². The number of allylic oxidation sites excluding steroid dienone is 2. The van der Waals surface area contributed by atoms with E-state index in [4.69, 9.17) is 0 Å². The van der Waals surface area contributed by atoms with Crippen LogP contribution in [-0.4, -0.2) is 4.70 Å². The predicted molar refractivity (Wildman–Crippen MR) is 265 cm³/mol. The Hall–Kier alpha value is -2.43. The molecular weight excluding hydrogens is 771 g/mol. The van der Waals surface area contributed by atoms with Gasteiger partial charge in [0.2, 0.25) is 11.4 Å². The molecule has 0 aromatic heterocycles. The van der Waals surface area contributed by atoms with Crippen LogP contribution in [0.15, 0.2) is 35.4 Å². The molecule has 0 atom stereocenters. The van der Waals surface area contributed by atoms with E-state index < -0.39 is 0 Å². The van der Waals surface area contributed by atoms with Crippen LogP contribution in [0.2, 0.25) is 0 Å². The summed E-state index contributed by atoms with van der Waals surface area (Å²) in [5, 5.41) is 0. The summed E-state index contributed by atoms with van der Waals surface area (Å²) in [7, 11) is 0. The normalized spacial score (nSPS) is 12.1. The fraction of sp³-hybridized carbons (Fsp3) is 0.649. The number of hydrogen-bond donors (Lipinski definition) is 0. The van der Waals surface area contributed by atoms with E-state index >= 15 is 0 Å². The van der Waals surface area contributed by atoms with Crippen molar-refractivity contribution in [1.29, 1.82) is 0 Å². The van der Waals surface area contributed by atoms with Crippen LogP contribution in [-0.2, 0) is 42.2 Å². The summed E-state index contributed by atoms with van der Waals surface area (Å²) in [5.41, 5.74) is 27.6. The molecule has 3 heteroatoms. The molecule has 3 rings (SSSR count). The van der Waals surface area contributed by atoms with Crippen molar-refractivity contribution in [2.75, 3.05) is 0 Å². The monoisotopic (exact) mass is 863 g/mol. The molecule has 0 N–H and O–H groups in total. The van der Waals surface area contributed by atoms with E-state index in [0.29, 0.717) is 0 Å². The minimum atomic E-state index is 0. The van der Waals surface area contributed by atoms with E-state index in [1.165, 1.54) is 155 Å². The summed E-state index contributed by atoms with van der Waals surface area (Å²) < 4.78 is 1.56. The molecule has 0 radical (unpaired) electrons. The second-order valence-corrected chi connectivity index (χ2v) is 17.1. The molecule has 0 amide bonds. The van der Waals surface area contributed by atoms with Crippen LogP contribution in [0.3, 0.4) is 0 Å². The van der Waals surface area contributed by atoms with Crippen LogP contribution in [0.1, 0.15) is 248 Å². The van der Waals surface area contributed by atoms with Crippen LogP contribution in [0, 0.1) is 39.5 Å². The molecule has 2 aromatic rings. The second-order valence-electron chi connectivity index (χ2n) is 17.1. The third kappa shape index (κ3) is 20.2. The van der Waals surface area contributed by atoms with Crippen LogP contribution in [0.25, 0.3) is 16.9 Å². The molecule has 1 heterocycles. The van der Waals surface area contributed by atoms with Gasteiger partial charge in [-0.3, -0.25) is 0 Å². The number of hydrogen-bond acceptors (Lipinski definition) is 0. The largest absolute Gasteiger partial charge is 2.00 e. The first-order chi connectivity index (χ1) is 28.7. The van der Waals surface area contributed by atoms with Crippen LogP contribution in [0.4, 0.5) is 0 Å². The van der Waals surface area contributed by atoms with Gasteiger partial charge in [0.1, 0.15) is 5.57 Å². The van der Waals surface area contributed by atoms with Crippen molar-refractivity contribution in [1.82, 2.24) is 0 Å². The number of nitrogens with zero attached hydrogens (tertiary/aromatic N) is 2. The van der Waals surface area contributed by atoms with Crippen LogP contribution >= 0.6 is 0 Å². The summed E-state index contributed by atoms with van der Waals surface area (Å²) in [6, 6.07) is 9.64. The smallest absolute Gasteiger partial charge is 0.493 e. The summed E-state index contributed by atoms with van der Waals surface area (Å²) in [6.45, 7) is 29.7. The van der Waals surface area contributed by atoms with E-state index in [0.717, 1.165) is 85.9 Å². The Morgan fingerprint density at radius 2 is 0.817 bits per heavy atom. The molecule has 60 heavy (non-hydrogen) atoms. The molecule has 2 nitrogen and oxygen atoms in total.